The van der Waals surface area contributed by atoms with Crippen molar-refractivity contribution in [3.05, 3.63) is 90.3 Å². The molecule has 39 heavy (non-hydrogen) atoms. The zero-order chi connectivity index (χ0) is 27.4. The first-order chi connectivity index (χ1) is 18.9. The predicted octanol–water partition coefficient (Wildman–Crippen LogP) is 6.17. The van der Waals surface area contributed by atoms with Crippen molar-refractivity contribution < 1.29 is 19.0 Å². The van der Waals surface area contributed by atoms with Gasteiger partial charge < -0.3 is 24.1 Å². The molecule has 0 saturated carbocycles. The molecule has 1 N–H and O–H groups in total. The molecule has 0 bridgehead atoms. The van der Waals surface area contributed by atoms with Crippen molar-refractivity contribution in [2.24, 2.45) is 0 Å². The van der Waals surface area contributed by atoms with Gasteiger partial charge in [-0.15, -0.1) is 0 Å². The molecule has 7 nitrogen and oxygen atoms in total. The van der Waals surface area contributed by atoms with Gasteiger partial charge in [-0.25, -0.2) is 0 Å². The van der Waals surface area contributed by atoms with Crippen LogP contribution in [0.5, 0.6) is 17.2 Å². The summed E-state index contributed by atoms with van der Waals surface area (Å²) in [6.45, 7) is 7.65. The van der Waals surface area contributed by atoms with Crippen molar-refractivity contribution >= 4 is 45.9 Å². The van der Waals surface area contributed by atoms with E-state index in [-0.39, 0.29) is 12.0 Å². The topological polar surface area (TPSA) is 65.0 Å². The lowest BCUT2D eigenvalue weighted by atomic mass is 10.1. The number of ether oxygens (including phenoxy) is 3. The minimum Gasteiger partial charge on any atom is -0.494 e. The summed E-state index contributed by atoms with van der Waals surface area (Å²) in [5.41, 5.74) is 3.10. The quantitative estimate of drug-likeness (QED) is 0.191. The summed E-state index contributed by atoms with van der Waals surface area (Å²) in [5.74, 6) is 2.15. The monoisotopic (exact) mass is 541 g/mol. The molecule has 1 aliphatic rings. The average molecular weight is 542 g/mol. The number of nitrogens with one attached hydrogen (secondary N) is 1. The number of benzene rings is 3. The van der Waals surface area contributed by atoms with Crippen molar-refractivity contribution in [1.29, 1.82) is 0 Å². The fraction of sp³-hybridized carbons (Fsp3) is 0.226. The molecule has 0 spiro atoms. The van der Waals surface area contributed by atoms with Crippen LogP contribution in [-0.4, -0.2) is 34.9 Å². The highest BCUT2D eigenvalue weighted by Crippen LogP contribution is 2.28. The summed E-state index contributed by atoms with van der Waals surface area (Å²) >= 11 is 5.50. The zero-order valence-electron chi connectivity index (χ0n) is 22.2. The minimum absolute atomic E-state index is 0.128. The number of nitrogens with zero attached hydrogens (tertiary/aromatic N) is 2. The maximum atomic E-state index is 13.3. The van der Waals surface area contributed by atoms with Gasteiger partial charge in [0.15, 0.2) is 5.11 Å². The van der Waals surface area contributed by atoms with Crippen LogP contribution in [0.15, 0.2) is 84.7 Å². The Hall–Kier alpha value is -4.30. The Labute approximate surface area is 233 Å². The van der Waals surface area contributed by atoms with Gasteiger partial charge in [0.25, 0.3) is 5.91 Å². The van der Waals surface area contributed by atoms with Gasteiger partial charge in [0, 0.05) is 22.7 Å². The minimum atomic E-state index is -0.200. The summed E-state index contributed by atoms with van der Waals surface area (Å²) in [7, 11) is 0. The summed E-state index contributed by atoms with van der Waals surface area (Å²) in [6, 6.07) is 23.1. The molecule has 0 radical (unpaired) electrons. The van der Waals surface area contributed by atoms with Gasteiger partial charge in [-0.2, -0.15) is 0 Å². The first kappa shape index (κ1) is 26.3. The van der Waals surface area contributed by atoms with Crippen molar-refractivity contribution in [3.8, 4) is 17.2 Å². The molecule has 3 aromatic carbocycles. The summed E-state index contributed by atoms with van der Waals surface area (Å²) in [6.07, 6.45) is 4.03. The van der Waals surface area contributed by atoms with E-state index in [9.17, 15) is 4.79 Å². The molecule has 0 aliphatic carbocycles. The van der Waals surface area contributed by atoms with Crippen LogP contribution >= 0.6 is 12.2 Å². The third-order valence-corrected chi connectivity index (χ3v) is 6.48. The summed E-state index contributed by atoms with van der Waals surface area (Å²) < 4.78 is 19.3. The van der Waals surface area contributed by atoms with Crippen LogP contribution in [0.4, 0.5) is 5.69 Å². The maximum absolute atomic E-state index is 13.3. The SMILES string of the molecule is CCOc1ccc(N2C(=O)/C(=C/c3cn(CCOc4ccc(OC(C)C)cc4)c4ccccc34)NC2=S)cc1. The standard InChI is InChI=1S/C31H31N3O4S/c1-4-36-24-11-9-23(10-12-24)34-30(35)28(32-31(34)39)19-22-20-33(29-8-6-5-7-27(22)29)17-18-37-25-13-15-26(16-14-25)38-21(2)3/h5-16,19-21H,4,17-18H2,1-3H3,(H,32,39)/b28-19-. The van der Waals surface area contributed by atoms with Crippen LogP contribution in [0, 0.1) is 0 Å². The maximum Gasteiger partial charge on any atom is 0.281 e. The van der Waals surface area contributed by atoms with Gasteiger partial charge >= 0.3 is 0 Å². The van der Waals surface area contributed by atoms with Gasteiger partial charge in [0.05, 0.1) is 24.9 Å². The number of thiocarbonyl (C=S) groups is 1. The normalized spacial score (nSPS) is 14.4. The largest absolute Gasteiger partial charge is 0.494 e. The first-order valence-electron chi connectivity index (χ1n) is 13.0. The van der Waals surface area contributed by atoms with E-state index in [1.165, 1.54) is 4.90 Å². The fourth-order valence-corrected chi connectivity index (χ4v) is 4.81. The summed E-state index contributed by atoms with van der Waals surface area (Å²) in [4.78, 5) is 14.8. The molecule has 1 fully saturated rings. The molecule has 8 heteroatoms. The smallest absolute Gasteiger partial charge is 0.281 e. The lowest BCUT2D eigenvalue weighted by Crippen LogP contribution is -2.30. The molecular weight excluding hydrogens is 510 g/mol. The number of aromatic nitrogens is 1. The molecule has 1 saturated heterocycles. The average Bonchev–Trinajstić information content (AvgIpc) is 3.41. The third-order valence-electron chi connectivity index (χ3n) is 6.20. The van der Waals surface area contributed by atoms with Crippen LogP contribution in [0.1, 0.15) is 26.3 Å². The predicted molar refractivity (Wildman–Crippen MR) is 158 cm³/mol. The second-order valence-electron chi connectivity index (χ2n) is 9.34. The molecule has 1 aromatic heterocycles. The highest BCUT2D eigenvalue weighted by molar-refractivity contribution is 7.80. The number of hydrogen-bond acceptors (Lipinski definition) is 5. The number of para-hydroxylation sites is 1. The lowest BCUT2D eigenvalue weighted by Gasteiger charge is -2.14. The molecule has 0 atom stereocenters. The molecule has 2 heterocycles. The highest BCUT2D eigenvalue weighted by Gasteiger charge is 2.32. The van der Waals surface area contributed by atoms with Gasteiger partial charge in [-0.05, 0) is 93.7 Å². The summed E-state index contributed by atoms with van der Waals surface area (Å²) in [5, 5.41) is 4.48. The molecule has 0 unspecified atom stereocenters. The van der Waals surface area contributed by atoms with E-state index in [1.807, 2.05) is 93.7 Å². The van der Waals surface area contributed by atoms with Crippen LogP contribution < -0.4 is 24.4 Å². The van der Waals surface area contributed by atoms with E-state index in [1.54, 1.807) is 0 Å². The van der Waals surface area contributed by atoms with E-state index in [0.717, 1.165) is 33.7 Å². The zero-order valence-corrected chi connectivity index (χ0v) is 23.0. The van der Waals surface area contributed by atoms with Crippen LogP contribution in [-0.2, 0) is 11.3 Å². The van der Waals surface area contributed by atoms with E-state index in [2.05, 4.69) is 22.0 Å². The molecule has 4 aromatic rings. The Morgan fingerprint density at radius 1 is 0.923 bits per heavy atom. The number of amides is 1. The molecule has 5 rings (SSSR count). The molecular formula is C31H31N3O4S. The second-order valence-corrected chi connectivity index (χ2v) is 9.72. The van der Waals surface area contributed by atoms with E-state index in [0.29, 0.717) is 36.3 Å². The Balaban J connectivity index is 1.32. The van der Waals surface area contributed by atoms with Crippen molar-refractivity contribution in [2.45, 2.75) is 33.4 Å². The number of carbonyl (C=O) groups excluding carboxylic acids is 1. The number of carbonyl (C=O) groups is 1. The molecule has 1 amide bonds. The van der Waals surface area contributed by atoms with Crippen LogP contribution in [0.2, 0.25) is 0 Å². The van der Waals surface area contributed by atoms with Crippen molar-refractivity contribution in [3.63, 3.8) is 0 Å². The molecule has 1 aliphatic heterocycles. The molecule has 200 valence electrons. The Bertz CT molecular complexity index is 1510. The fourth-order valence-electron chi connectivity index (χ4n) is 4.51. The van der Waals surface area contributed by atoms with Gasteiger partial charge in [0.1, 0.15) is 29.6 Å². The van der Waals surface area contributed by atoms with Crippen molar-refractivity contribution in [2.75, 3.05) is 18.1 Å². The first-order valence-corrected chi connectivity index (χ1v) is 13.4. The number of rotatable bonds is 10. The van der Waals surface area contributed by atoms with Crippen molar-refractivity contribution in [1.82, 2.24) is 9.88 Å². The van der Waals surface area contributed by atoms with E-state index >= 15 is 0 Å². The number of anilines is 1. The van der Waals surface area contributed by atoms with Gasteiger partial charge in [0.2, 0.25) is 0 Å². The lowest BCUT2D eigenvalue weighted by molar-refractivity contribution is -0.113. The second kappa shape index (κ2) is 11.6. The number of hydrogen-bond donors (Lipinski definition) is 1. The highest BCUT2D eigenvalue weighted by atomic mass is 32.1. The Morgan fingerprint density at radius 2 is 1.59 bits per heavy atom. The third kappa shape index (κ3) is 5.91. The van der Waals surface area contributed by atoms with Crippen LogP contribution in [0.3, 0.4) is 0 Å². The van der Waals surface area contributed by atoms with E-state index < -0.39 is 0 Å². The Morgan fingerprint density at radius 3 is 2.31 bits per heavy atom. The van der Waals surface area contributed by atoms with E-state index in [4.69, 9.17) is 26.4 Å². The van der Waals surface area contributed by atoms with Crippen LogP contribution in [0.25, 0.3) is 17.0 Å². The van der Waals surface area contributed by atoms with Gasteiger partial charge in [-0.1, -0.05) is 18.2 Å². The van der Waals surface area contributed by atoms with Gasteiger partial charge in [-0.3, -0.25) is 9.69 Å². The Kier molecular flexibility index (Phi) is 7.84. The number of fused-ring (bicyclic) bond motifs is 1.